The third-order valence-corrected chi connectivity index (χ3v) is 8.89. The second-order valence-corrected chi connectivity index (χ2v) is 12.4. The van der Waals surface area contributed by atoms with E-state index < -0.39 is 23.2 Å². The first-order valence-electron chi connectivity index (χ1n) is 11.0. The van der Waals surface area contributed by atoms with Gasteiger partial charge in [-0.05, 0) is 56.5 Å². The minimum atomic E-state index is -3.23. The number of fused-ring (bicyclic) bond motifs is 1. The van der Waals surface area contributed by atoms with Crippen molar-refractivity contribution in [3.05, 3.63) is 110 Å². The summed E-state index contributed by atoms with van der Waals surface area (Å²) in [6, 6.07) is 23.7. The summed E-state index contributed by atoms with van der Waals surface area (Å²) < 4.78 is 14.4. The summed E-state index contributed by atoms with van der Waals surface area (Å²) in [5.74, 6) is 0.550. The summed E-state index contributed by atoms with van der Waals surface area (Å²) in [5, 5.41) is 25.6. The van der Waals surface area contributed by atoms with Crippen LogP contribution in [0.4, 0.5) is 11.4 Å². The Morgan fingerprint density at radius 2 is 1.28 bits per heavy atom. The van der Waals surface area contributed by atoms with Crippen molar-refractivity contribution in [2.45, 2.75) is 26.4 Å². The molecule has 0 saturated heterocycles. The van der Waals surface area contributed by atoms with E-state index >= 15 is 0 Å². The minimum absolute atomic E-state index is 0.0655. The van der Waals surface area contributed by atoms with E-state index in [2.05, 4.69) is 15.9 Å². The molecule has 184 valence electrons. The standard InChI is InChI=1S/C26H23BrN2O6P/c1-26(2,3)35-36(22-12-8-20(9-13-22)28(30)31,23-14-10-21(11-15-23)29(32)33)34-25-17-19(27)16-18-6-4-5-7-24(18)25/h4-17H,1-3H3/q+1. The fourth-order valence-electron chi connectivity index (χ4n) is 3.76. The normalized spacial score (nSPS) is 11.9. The van der Waals surface area contributed by atoms with Crippen molar-refractivity contribution in [1.29, 1.82) is 0 Å². The zero-order chi connectivity index (χ0) is 26.1. The maximum atomic E-state index is 11.3. The Kier molecular flexibility index (Phi) is 7.09. The SMILES string of the molecule is CC(C)(C)O[P+](Oc1cc(Br)cc2ccccc12)(c1ccc([N+](=O)[O-])cc1)c1ccc([N+](=O)[O-])cc1. The molecule has 0 amide bonds. The van der Waals surface area contributed by atoms with Crippen LogP contribution in [0.5, 0.6) is 5.75 Å². The Morgan fingerprint density at radius 3 is 1.75 bits per heavy atom. The molecule has 0 aliphatic rings. The number of non-ortho nitro benzene ring substituents is 2. The first-order valence-corrected chi connectivity index (χ1v) is 13.4. The predicted molar refractivity (Wildman–Crippen MR) is 145 cm³/mol. The summed E-state index contributed by atoms with van der Waals surface area (Å²) in [6.07, 6.45) is 0. The van der Waals surface area contributed by atoms with E-state index in [-0.39, 0.29) is 11.4 Å². The van der Waals surface area contributed by atoms with Gasteiger partial charge in [-0.2, -0.15) is 4.52 Å². The average molecular weight is 570 g/mol. The summed E-state index contributed by atoms with van der Waals surface area (Å²) in [7, 11) is -3.23. The highest BCUT2D eigenvalue weighted by Gasteiger charge is 2.53. The van der Waals surface area contributed by atoms with E-state index in [1.165, 1.54) is 24.3 Å². The highest BCUT2D eigenvalue weighted by Crippen LogP contribution is 2.61. The number of halogens is 1. The van der Waals surface area contributed by atoms with Crippen LogP contribution >= 0.6 is 23.6 Å². The van der Waals surface area contributed by atoms with Crippen LogP contribution in [0.25, 0.3) is 10.8 Å². The number of benzene rings is 4. The maximum Gasteiger partial charge on any atom is 0.385 e. The molecule has 0 radical (unpaired) electrons. The van der Waals surface area contributed by atoms with Gasteiger partial charge in [-0.25, -0.2) is 0 Å². The molecule has 0 unspecified atom stereocenters. The molecular formula is C26H23BrN2O6P+. The van der Waals surface area contributed by atoms with E-state index in [9.17, 15) is 20.2 Å². The first-order chi connectivity index (χ1) is 17.0. The molecule has 36 heavy (non-hydrogen) atoms. The van der Waals surface area contributed by atoms with Gasteiger partial charge < -0.3 is 4.52 Å². The number of nitro benzene ring substituents is 2. The van der Waals surface area contributed by atoms with Crippen molar-refractivity contribution in [1.82, 2.24) is 0 Å². The number of hydrogen-bond donors (Lipinski definition) is 0. The van der Waals surface area contributed by atoms with Crippen molar-refractivity contribution in [3.63, 3.8) is 0 Å². The monoisotopic (exact) mass is 569 g/mol. The number of hydrogen-bond acceptors (Lipinski definition) is 6. The molecule has 0 aliphatic carbocycles. The third kappa shape index (κ3) is 5.38. The van der Waals surface area contributed by atoms with Crippen LogP contribution in [0.2, 0.25) is 0 Å². The molecule has 0 N–H and O–H groups in total. The van der Waals surface area contributed by atoms with Crippen LogP contribution < -0.4 is 15.1 Å². The Hall–Kier alpha value is -3.39. The van der Waals surface area contributed by atoms with Gasteiger partial charge in [-0.1, -0.05) is 40.2 Å². The van der Waals surface area contributed by atoms with Gasteiger partial charge in [0.05, 0.1) is 9.85 Å². The molecule has 0 heterocycles. The fraction of sp³-hybridized carbons (Fsp3) is 0.154. The molecule has 0 aliphatic heterocycles. The third-order valence-electron chi connectivity index (χ3n) is 5.22. The van der Waals surface area contributed by atoms with Crippen LogP contribution in [0, 0.1) is 20.2 Å². The molecule has 10 heteroatoms. The van der Waals surface area contributed by atoms with E-state index in [4.69, 9.17) is 9.05 Å². The molecule has 4 aromatic carbocycles. The van der Waals surface area contributed by atoms with Gasteiger partial charge >= 0.3 is 7.72 Å². The molecule has 4 aromatic rings. The molecule has 0 bridgehead atoms. The van der Waals surface area contributed by atoms with Gasteiger partial charge in [0.2, 0.25) is 0 Å². The van der Waals surface area contributed by atoms with E-state index in [0.29, 0.717) is 16.4 Å². The zero-order valence-corrected chi connectivity index (χ0v) is 22.2. The lowest BCUT2D eigenvalue weighted by Gasteiger charge is -2.30. The van der Waals surface area contributed by atoms with Crippen molar-refractivity contribution >= 4 is 56.4 Å². The first kappa shape index (κ1) is 25.7. The second kappa shape index (κ2) is 9.93. The summed E-state index contributed by atoms with van der Waals surface area (Å²) in [5.41, 5.74) is -0.826. The highest BCUT2D eigenvalue weighted by atomic mass is 79.9. The van der Waals surface area contributed by atoms with Crippen molar-refractivity contribution in [2.75, 3.05) is 0 Å². The van der Waals surface area contributed by atoms with Gasteiger partial charge in [0.25, 0.3) is 11.4 Å². The molecule has 0 aromatic heterocycles. The van der Waals surface area contributed by atoms with E-state index in [1.807, 2.05) is 57.2 Å². The summed E-state index contributed by atoms with van der Waals surface area (Å²) in [4.78, 5) is 21.7. The largest absolute Gasteiger partial charge is 0.385 e. The maximum absolute atomic E-state index is 11.3. The molecule has 0 atom stereocenters. The van der Waals surface area contributed by atoms with Crippen LogP contribution in [0.1, 0.15) is 20.8 Å². The van der Waals surface area contributed by atoms with Crippen molar-refractivity contribution in [3.8, 4) is 5.75 Å². The fourth-order valence-corrected chi connectivity index (χ4v) is 7.25. The molecule has 0 saturated carbocycles. The van der Waals surface area contributed by atoms with Crippen LogP contribution in [-0.2, 0) is 4.52 Å². The predicted octanol–water partition coefficient (Wildman–Crippen LogP) is 7.11. The lowest BCUT2D eigenvalue weighted by molar-refractivity contribution is -0.385. The van der Waals surface area contributed by atoms with Gasteiger partial charge in [0, 0.05) is 40.2 Å². The van der Waals surface area contributed by atoms with Gasteiger partial charge in [-0.15, -0.1) is 0 Å². The topological polar surface area (TPSA) is 105 Å². The molecule has 4 rings (SSSR count). The number of rotatable bonds is 7. The van der Waals surface area contributed by atoms with Gasteiger partial charge in [0.15, 0.2) is 16.4 Å². The quantitative estimate of drug-likeness (QED) is 0.133. The lowest BCUT2D eigenvalue weighted by Crippen LogP contribution is -2.34. The van der Waals surface area contributed by atoms with Crippen LogP contribution in [0.15, 0.2) is 89.4 Å². The number of nitro groups is 2. The lowest BCUT2D eigenvalue weighted by atomic mass is 10.1. The van der Waals surface area contributed by atoms with Crippen LogP contribution in [0.3, 0.4) is 0 Å². The molecule has 8 nitrogen and oxygen atoms in total. The Balaban J connectivity index is 2.00. The van der Waals surface area contributed by atoms with Crippen molar-refractivity contribution < 1.29 is 18.9 Å². The Morgan fingerprint density at radius 1 is 0.778 bits per heavy atom. The Bertz CT molecular complexity index is 1380. The van der Waals surface area contributed by atoms with Crippen molar-refractivity contribution in [2.24, 2.45) is 0 Å². The van der Waals surface area contributed by atoms with Gasteiger partial charge in [0.1, 0.15) is 5.60 Å². The molecular weight excluding hydrogens is 547 g/mol. The van der Waals surface area contributed by atoms with E-state index in [0.717, 1.165) is 15.2 Å². The minimum Gasteiger partial charge on any atom is -0.308 e. The Labute approximate surface area is 216 Å². The highest BCUT2D eigenvalue weighted by molar-refractivity contribution is 9.10. The van der Waals surface area contributed by atoms with Crippen LogP contribution in [-0.4, -0.2) is 15.4 Å². The number of nitrogens with zero attached hydrogens (tertiary/aromatic N) is 2. The second-order valence-electron chi connectivity index (χ2n) is 9.02. The zero-order valence-electron chi connectivity index (χ0n) is 19.8. The van der Waals surface area contributed by atoms with E-state index in [1.54, 1.807) is 24.3 Å². The molecule has 0 spiro atoms. The summed E-state index contributed by atoms with van der Waals surface area (Å²) in [6.45, 7) is 5.67. The summed E-state index contributed by atoms with van der Waals surface area (Å²) >= 11 is 3.56. The smallest absolute Gasteiger partial charge is 0.308 e. The van der Waals surface area contributed by atoms with Gasteiger partial charge in [-0.3, -0.25) is 20.2 Å². The average Bonchev–Trinajstić information content (AvgIpc) is 2.82. The molecule has 0 fully saturated rings.